The smallest absolute Gasteiger partial charge is 0.329 e. The summed E-state index contributed by atoms with van der Waals surface area (Å²) in [6.07, 6.45) is -2.70. The van der Waals surface area contributed by atoms with Crippen molar-refractivity contribution in [3.8, 4) is 11.5 Å². The first-order valence-corrected chi connectivity index (χ1v) is 25.0. The first-order chi connectivity index (χ1) is 35.2. The molecule has 3 aromatic rings. The number of unbranched alkanes of at least 4 members (excludes halogenated alkanes) is 2. The van der Waals surface area contributed by atoms with Crippen molar-refractivity contribution in [3.63, 3.8) is 0 Å². The lowest BCUT2D eigenvalue weighted by molar-refractivity contribution is -0.165. The van der Waals surface area contributed by atoms with Crippen molar-refractivity contribution >= 4 is 53.3 Å². The molecule has 0 aliphatic carbocycles. The van der Waals surface area contributed by atoms with E-state index in [1.54, 1.807) is 56.3 Å². The standard InChI is InChI=1S/C53H69N7O14/c1-6-7-9-14-42(63)54-39(29-44(65)66)48(68)58-46-31(4)74-53(73)45(30(2)3)57-49(69)40(25-19-32-15-20-35(61)21-16-32)59(5)52(72)41(28-33-12-10-8-11-13-33)60-43(64)26-24-37(51(60)71)55-47(67)38(56-50(46)70)27-34-17-22-36(62)23-18-34/h8,10-13,15-18,20-23,30-31,37-41,43,45-46,61-62,64H,6-7,9,14,19,24-29H2,1-5H3,(H,54,63)(H,55,67)(H,56,70)(H,57,69)(H,58,68)(H,65,66). The Morgan fingerprint density at radius 1 is 0.757 bits per heavy atom. The predicted molar refractivity (Wildman–Crippen MR) is 267 cm³/mol. The maximum atomic E-state index is 15.1. The summed E-state index contributed by atoms with van der Waals surface area (Å²) in [6, 6.07) is 9.65. The first kappa shape index (κ1) is 57.4. The highest BCUT2D eigenvalue weighted by Gasteiger charge is 2.46. The molecule has 2 saturated heterocycles. The third kappa shape index (κ3) is 16.0. The number of amides is 7. The Kier molecular flexibility index (Phi) is 20.9. The molecule has 2 bridgehead atoms. The van der Waals surface area contributed by atoms with Crippen molar-refractivity contribution in [2.24, 2.45) is 5.92 Å². The number of cyclic esters (lactones) is 1. The van der Waals surface area contributed by atoms with Crippen molar-refractivity contribution < 1.29 is 68.3 Å². The maximum Gasteiger partial charge on any atom is 0.329 e. The van der Waals surface area contributed by atoms with E-state index in [4.69, 9.17) is 4.74 Å². The minimum Gasteiger partial charge on any atom is -0.508 e. The third-order valence-electron chi connectivity index (χ3n) is 13.2. The number of fused-ring (bicyclic) bond motifs is 2. The largest absolute Gasteiger partial charge is 0.508 e. The molecular formula is C53H69N7O14. The van der Waals surface area contributed by atoms with E-state index in [0.717, 1.165) is 16.2 Å². The minimum absolute atomic E-state index is 0.00183. The number of ether oxygens (including phenoxy) is 1. The lowest BCUT2D eigenvalue weighted by atomic mass is 9.95. The Labute approximate surface area is 429 Å². The summed E-state index contributed by atoms with van der Waals surface area (Å²) in [5.74, 6) is -9.63. The molecule has 0 radical (unpaired) electrons. The lowest BCUT2D eigenvalue weighted by Gasteiger charge is -2.43. The number of aromatic hydroxyl groups is 2. The van der Waals surface area contributed by atoms with E-state index in [2.05, 4.69) is 26.6 Å². The molecular weight excluding hydrogens is 959 g/mol. The van der Waals surface area contributed by atoms with Crippen LogP contribution in [0.2, 0.25) is 0 Å². The van der Waals surface area contributed by atoms with Crippen LogP contribution in [0, 0.1) is 5.92 Å². The summed E-state index contributed by atoms with van der Waals surface area (Å²) in [4.78, 5) is 129. The minimum atomic E-state index is -1.90. The van der Waals surface area contributed by atoms with Crippen LogP contribution in [-0.4, -0.2) is 145 Å². The number of carbonyl (C=O) groups excluding carboxylic acids is 8. The number of phenols is 2. The molecule has 2 fully saturated rings. The summed E-state index contributed by atoms with van der Waals surface area (Å²) < 4.78 is 5.87. The number of phenolic OH excluding ortho intramolecular Hbond substituents is 2. The highest BCUT2D eigenvalue weighted by Crippen LogP contribution is 2.26. The van der Waals surface area contributed by atoms with Gasteiger partial charge in [0.2, 0.25) is 41.4 Å². The molecule has 0 aromatic heterocycles. The Balaban J connectivity index is 1.63. The van der Waals surface area contributed by atoms with Gasteiger partial charge >= 0.3 is 11.9 Å². The Bertz CT molecular complexity index is 2460. The van der Waals surface area contributed by atoms with Gasteiger partial charge in [-0.25, -0.2) is 4.79 Å². The van der Waals surface area contributed by atoms with Gasteiger partial charge in [0.15, 0.2) is 0 Å². The van der Waals surface area contributed by atoms with Crippen LogP contribution >= 0.6 is 0 Å². The molecule has 2 aliphatic heterocycles. The van der Waals surface area contributed by atoms with Crippen LogP contribution in [0.5, 0.6) is 11.5 Å². The number of hydrogen-bond donors (Lipinski definition) is 9. The van der Waals surface area contributed by atoms with Crippen molar-refractivity contribution in [3.05, 3.63) is 95.6 Å². The maximum absolute atomic E-state index is 15.1. The number of aryl methyl sites for hydroxylation is 1. The molecule has 400 valence electrons. The number of benzene rings is 3. The molecule has 21 heteroatoms. The second kappa shape index (κ2) is 26.9. The Morgan fingerprint density at radius 2 is 1.38 bits per heavy atom. The molecule has 9 unspecified atom stereocenters. The van der Waals surface area contributed by atoms with E-state index in [0.29, 0.717) is 29.5 Å². The van der Waals surface area contributed by atoms with E-state index in [1.807, 2.05) is 6.92 Å². The zero-order chi connectivity index (χ0) is 54.2. The fraction of sp³-hybridized carbons (Fsp3) is 0.491. The number of hydrogen-bond acceptors (Lipinski definition) is 13. The zero-order valence-corrected chi connectivity index (χ0v) is 42.3. The number of esters is 1. The molecule has 7 amide bonds. The zero-order valence-electron chi connectivity index (χ0n) is 42.3. The van der Waals surface area contributed by atoms with Gasteiger partial charge in [-0.05, 0) is 85.9 Å². The highest BCUT2D eigenvalue weighted by atomic mass is 16.5. The quantitative estimate of drug-likeness (QED) is 0.0688. The van der Waals surface area contributed by atoms with Crippen LogP contribution in [-0.2, 0) is 67.2 Å². The van der Waals surface area contributed by atoms with Crippen LogP contribution in [0.4, 0.5) is 0 Å². The number of carboxylic acids is 1. The van der Waals surface area contributed by atoms with E-state index in [1.165, 1.54) is 50.4 Å². The normalized spacial score (nSPS) is 23.8. The third-order valence-corrected chi connectivity index (χ3v) is 13.2. The number of aliphatic hydroxyl groups excluding tert-OH is 1. The number of aliphatic hydroxyl groups is 1. The van der Waals surface area contributed by atoms with Gasteiger partial charge in [-0.15, -0.1) is 0 Å². The summed E-state index contributed by atoms with van der Waals surface area (Å²) >= 11 is 0. The first-order valence-electron chi connectivity index (χ1n) is 25.0. The summed E-state index contributed by atoms with van der Waals surface area (Å²) in [7, 11) is 1.36. The van der Waals surface area contributed by atoms with Gasteiger partial charge in [0.25, 0.3) is 0 Å². The number of carboxylic acid groups (broad SMARTS) is 1. The summed E-state index contributed by atoms with van der Waals surface area (Å²) in [5, 5.41) is 54.2. The second-order valence-electron chi connectivity index (χ2n) is 19.2. The van der Waals surface area contributed by atoms with Gasteiger partial charge < -0.3 is 61.5 Å². The monoisotopic (exact) mass is 1030 g/mol. The van der Waals surface area contributed by atoms with Crippen LogP contribution in [0.15, 0.2) is 78.9 Å². The Morgan fingerprint density at radius 3 is 1.99 bits per heavy atom. The summed E-state index contributed by atoms with van der Waals surface area (Å²) in [6.45, 7) is 6.36. The van der Waals surface area contributed by atoms with Gasteiger partial charge in [0.1, 0.15) is 66.1 Å². The van der Waals surface area contributed by atoms with Crippen LogP contribution in [0.3, 0.4) is 0 Å². The van der Waals surface area contributed by atoms with Gasteiger partial charge in [-0.1, -0.05) is 88.2 Å². The lowest BCUT2D eigenvalue weighted by Crippen LogP contribution is -2.65. The fourth-order valence-electron chi connectivity index (χ4n) is 8.92. The molecule has 2 heterocycles. The number of aliphatic carboxylic acids is 1. The number of nitrogens with zero attached hydrogens (tertiary/aromatic N) is 2. The van der Waals surface area contributed by atoms with E-state index < -0.39 is 120 Å². The molecule has 74 heavy (non-hydrogen) atoms. The molecule has 0 spiro atoms. The van der Waals surface area contributed by atoms with E-state index in [9.17, 15) is 58.8 Å². The fourth-order valence-corrected chi connectivity index (χ4v) is 8.92. The average Bonchev–Trinajstić information content (AvgIpc) is 3.35. The molecule has 9 N–H and O–H groups in total. The number of nitrogens with one attached hydrogen (secondary N) is 5. The number of likely N-dealkylation sites (N-methyl/N-ethyl adjacent to an activating group) is 1. The van der Waals surface area contributed by atoms with Gasteiger partial charge in [-0.3, -0.25) is 38.4 Å². The number of carbonyl (C=O) groups is 9. The van der Waals surface area contributed by atoms with Crippen molar-refractivity contribution in [2.45, 2.75) is 153 Å². The predicted octanol–water partition coefficient (Wildman–Crippen LogP) is 1.73. The van der Waals surface area contributed by atoms with Gasteiger partial charge in [-0.2, -0.15) is 0 Å². The highest BCUT2D eigenvalue weighted by molar-refractivity contribution is 5.99. The Hall–Kier alpha value is -7.55. The van der Waals surface area contributed by atoms with Gasteiger partial charge in [0, 0.05) is 26.3 Å². The van der Waals surface area contributed by atoms with Crippen molar-refractivity contribution in [1.29, 1.82) is 0 Å². The van der Waals surface area contributed by atoms with Crippen LogP contribution < -0.4 is 26.6 Å². The molecule has 0 saturated carbocycles. The van der Waals surface area contributed by atoms with Crippen LogP contribution in [0.25, 0.3) is 0 Å². The molecule has 2 aliphatic rings. The van der Waals surface area contributed by atoms with Crippen molar-refractivity contribution in [1.82, 2.24) is 36.4 Å². The summed E-state index contributed by atoms with van der Waals surface area (Å²) in [5.41, 5.74) is 1.68. The molecule has 21 nitrogen and oxygen atoms in total. The van der Waals surface area contributed by atoms with Crippen LogP contribution in [0.1, 0.15) is 95.8 Å². The van der Waals surface area contributed by atoms with E-state index in [-0.39, 0.29) is 56.4 Å². The topological polar surface area (TPSA) is 310 Å². The molecule has 5 rings (SSSR count). The molecule has 9 atom stereocenters. The van der Waals surface area contributed by atoms with E-state index >= 15 is 4.79 Å². The molecule has 3 aromatic carbocycles. The van der Waals surface area contributed by atoms with Gasteiger partial charge in [0.05, 0.1) is 6.42 Å². The number of rotatable bonds is 17. The second-order valence-corrected chi connectivity index (χ2v) is 19.2. The number of piperidine rings is 1. The SMILES string of the molecule is CCCCCC(=O)NC(CC(=O)O)C(=O)NC1C(=O)NC(Cc2ccc(O)cc2)C(=O)NC2CCC(O)N(C2=O)C(Cc2ccccc2)C(=O)N(C)C(CCc2ccc(O)cc2)C(=O)NC(C(C)C)C(=O)OC1C. The van der Waals surface area contributed by atoms with Crippen molar-refractivity contribution in [2.75, 3.05) is 7.05 Å². The average molecular weight is 1030 g/mol.